The highest BCUT2D eigenvalue weighted by atomic mass is 79.9. The first-order valence-corrected chi connectivity index (χ1v) is 7.06. The molecule has 1 aromatic heterocycles. The van der Waals surface area contributed by atoms with E-state index in [4.69, 9.17) is 0 Å². The zero-order valence-electron chi connectivity index (χ0n) is 11.0. The molecule has 0 aliphatic heterocycles. The van der Waals surface area contributed by atoms with Gasteiger partial charge in [-0.1, -0.05) is 28.9 Å². The van der Waals surface area contributed by atoms with E-state index in [1.54, 1.807) is 10.7 Å². The summed E-state index contributed by atoms with van der Waals surface area (Å²) in [4.78, 5) is 0. The molecule has 1 heterocycles. The first-order valence-electron chi connectivity index (χ1n) is 6.26. The fourth-order valence-corrected chi connectivity index (χ4v) is 2.80. The molecule has 102 valence electrons. The van der Waals surface area contributed by atoms with Crippen LogP contribution in [0.5, 0.6) is 0 Å². The third-order valence-corrected chi connectivity index (χ3v) is 3.69. The van der Waals surface area contributed by atoms with Crippen LogP contribution in [0.3, 0.4) is 0 Å². The van der Waals surface area contributed by atoms with E-state index in [1.165, 1.54) is 6.07 Å². The zero-order chi connectivity index (χ0) is 13.8. The summed E-state index contributed by atoms with van der Waals surface area (Å²) in [5.74, 6) is -0.191. The third kappa shape index (κ3) is 3.42. The van der Waals surface area contributed by atoms with E-state index in [0.717, 1.165) is 16.6 Å². The van der Waals surface area contributed by atoms with Crippen LogP contribution in [-0.4, -0.2) is 16.3 Å². The highest BCUT2D eigenvalue weighted by Crippen LogP contribution is 2.28. The van der Waals surface area contributed by atoms with E-state index in [1.807, 2.05) is 32.4 Å². The second-order valence-corrected chi connectivity index (χ2v) is 5.33. The van der Waals surface area contributed by atoms with Gasteiger partial charge in [0, 0.05) is 29.3 Å². The molecule has 1 aromatic carbocycles. The summed E-state index contributed by atoms with van der Waals surface area (Å²) in [6, 6.07) is 5.00. The number of halogens is 2. The minimum absolute atomic E-state index is 0.0650. The third-order valence-electron chi connectivity index (χ3n) is 3.00. The first-order chi connectivity index (χ1) is 9.11. The lowest BCUT2D eigenvalue weighted by atomic mass is 10.00. The molecule has 0 spiro atoms. The maximum atomic E-state index is 14.0. The Morgan fingerprint density at radius 3 is 2.84 bits per heavy atom. The van der Waals surface area contributed by atoms with Gasteiger partial charge in [0.05, 0.1) is 6.20 Å². The van der Waals surface area contributed by atoms with Gasteiger partial charge in [0.2, 0.25) is 0 Å². The first kappa shape index (κ1) is 14.2. The van der Waals surface area contributed by atoms with Crippen molar-refractivity contribution in [3.63, 3.8) is 0 Å². The van der Waals surface area contributed by atoms with Crippen LogP contribution >= 0.6 is 15.9 Å². The van der Waals surface area contributed by atoms with E-state index in [9.17, 15) is 4.39 Å². The number of hydrogen-bond acceptors (Lipinski definition) is 2. The van der Waals surface area contributed by atoms with Crippen LogP contribution in [0, 0.1) is 5.82 Å². The summed E-state index contributed by atoms with van der Waals surface area (Å²) in [5.41, 5.74) is 1.76. The molecule has 1 unspecified atom stereocenters. The van der Waals surface area contributed by atoms with E-state index in [2.05, 4.69) is 26.3 Å². The Morgan fingerprint density at radius 1 is 1.47 bits per heavy atom. The average molecular weight is 326 g/mol. The number of aryl methyl sites for hydroxylation is 1. The van der Waals surface area contributed by atoms with Crippen LogP contribution < -0.4 is 5.32 Å². The van der Waals surface area contributed by atoms with Gasteiger partial charge in [-0.3, -0.25) is 4.68 Å². The fourth-order valence-electron chi connectivity index (χ4n) is 2.18. The van der Waals surface area contributed by atoms with E-state index in [-0.39, 0.29) is 11.9 Å². The molecule has 2 rings (SSSR count). The lowest BCUT2D eigenvalue weighted by molar-refractivity contribution is 0.507. The number of likely N-dealkylation sites (N-methyl/N-ethyl adjacent to an activating group) is 1. The standard InChI is InChI=1S/C14H17BrFN3/c1-3-17-13(7-10-8-18-19(2)9-10)14-11(15)5-4-6-12(14)16/h4-6,8-9,13,17H,3,7H2,1-2H3. The van der Waals surface area contributed by atoms with Crippen molar-refractivity contribution in [2.24, 2.45) is 7.05 Å². The predicted molar refractivity (Wildman–Crippen MR) is 77.4 cm³/mol. The zero-order valence-corrected chi connectivity index (χ0v) is 12.6. The van der Waals surface area contributed by atoms with Crippen molar-refractivity contribution in [1.82, 2.24) is 15.1 Å². The highest BCUT2D eigenvalue weighted by molar-refractivity contribution is 9.10. The van der Waals surface area contributed by atoms with Crippen LogP contribution in [0.15, 0.2) is 35.1 Å². The lowest BCUT2D eigenvalue weighted by Crippen LogP contribution is -2.24. The molecule has 0 bridgehead atoms. The van der Waals surface area contributed by atoms with Gasteiger partial charge in [-0.05, 0) is 30.7 Å². The molecule has 0 aliphatic rings. The number of benzene rings is 1. The number of rotatable bonds is 5. The van der Waals surface area contributed by atoms with Crippen molar-refractivity contribution in [2.45, 2.75) is 19.4 Å². The summed E-state index contributed by atoms with van der Waals surface area (Å²) in [6.07, 6.45) is 4.49. The largest absolute Gasteiger partial charge is 0.310 e. The molecule has 0 saturated carbocycles. The molecule has 5 heteroatoms. The second-order valence-electron chi connectivity index (χ2n) is 4.47. The van der Waals surface area contributed by atoms with Gasteiger partial charge in [0.1, 0.15) is 5.82 Å². The van der Waals surface area contributed by atoms with Crippen LogP contribution in [0.25, 0.3) is 0 Å². The van der Waals surface area contributed by atoms with Crippen LogP contribution in [0.4, 0.5) is 4.39 Å². The molecular weight excluding hydrogens is 309 g/mol. The molecule has 19 heavy (non-hydrogen) atoms. The average Bonchev–Trinajstić information content (AvgIpc) is 2.75. The molecule has 1 N–H and O–H groups in total. The van der Waals surface area contributed by atoms with Crippen molar-refractivity contribution in [1.29, 1.82) is 0 Å². The van der Waals surface area contributed by atoms with Crippen molar-refractivity contribution in [2.75, 3.05) is 6.54 Å². The van der Waals surface area contributed by atoms with Crippen molar-refractivity contribution >= 4 is 15.9 Å². The Labute approximate surface area is 121 Å². The van der Waals surface area contributed by atoms with Gasteiger partial charge in [-0.15, -0.1) is 0 Å². The van der Waals surface area contributed by atoms with Gasteiger partial charge in [-0.2, -0.15) is 5.10 Å². The molecule has 0 aliphatic carbocycles. The Balaban J connectivity index is 2.29. The molecule has 0 amide bonds. The van der Waals surface area contributed by atoms with Gasteiger partial charge in [0.25, 0.3) is 0 Å². The normalized spacial score (nSPS) is 12.6. The van der Waals surface area contributed by atoms with Crippen molar-refractivity contribution in [3.05, 3.63) is 52.0 Å². The molecule has 0 radical (unpaired) electrons. The SMILES string of the molecule is CCNC(Cc1cnn(C)c1)c1c(F)cccc1Br. The van der Waals surface area contributed by atoms with Crippen LogP contribution in [0.1, 0.15) is 24.1 Å². The maximum Gasteiger partial charge on any atom is 0.129 e. The number of aromatic nitrogens is 2. The molecule has 1 atom stereocenters. The number of hydrogen-bond donors (Lipinski definition) is 1. The molecular formula is C14H17BrFN3. The monoisotopic (exact) mass is 325 g/mol. The van der Waals surface area contributed by atoms with Crippen LogP contribution in [-0.2, 0) is 13.5 Å². The Kier molecular flexibility index (Phi) is 4.71. The highest BCUT2D eigenvalue weighted by Gasteiger charge is 2.18. The minimum Gasteiger partial charge on any atom is -0.310 e. The molecule has 2 aromatic rings. The summed E-state index contributed by atoms with van der Waals surface area (Å²) >= 11 is 3.44. The summed E-state index contributed by atoms with van der Waals surface area (Å²) < 4.78 is 16.6. The van der Waals surface area contributed by atoms with Crippen molar-refractivity contribution in [3.8, 4) is 0 Å². The summed E-state index contributed by atoms with van der Waals surface area (Å²) in [7, 11) is 1.88. The molecule has 0 saturated heterocycles. The molecule has 3 nitrogen and oxygen atoms in total. The smallest absolute Gasteiger partial charge is 0.129 e. The second kappa shape index (κ2) is 6.30. The van der Waals surface area contributed by atoms with Crippen molar-refractivity contribution < 1.29 is 4.39 Å². The minimum atomic E-state index is -0.191. The number of nitrogens with zero attached hydrogens (tertiary/aromatic N) is 2. The fraction of sp³-hybridized carbons (Fsp3) is 0.357. The topological polar surface area (TPSA) is 29.9 Å². The lowest BCUT2D eigenvalue weighted by Gasteiger charge is -2.19. The van der Waals surface area contributed by atoms with Gasteiger partial charge in [0.15, 0.2) is 0 Å². The maximum absolute atomic E-state index is 14.0. The Hall–Kier alpha value is -1.20. The number of nitrogens with one attached hydrogen (secondary N) is 1. The van der Waals surface area contributed by atoms with E-state index < -0.39 is 0 Å². The predicted octanol–water partition coefficient (Wildman–Crippen LogP) is 3.22. The van der Waals surface area contributed by atoms with E-state index >= 15 is 0 Å². The van der Waals surface area contributed by atoms with Gasteiger partial charge in [-0.25, -0.2) is 4.39 Å². The quantitative estimate of drug-likeness (QED) is 0.914. The van der Waals surface area contributed by atoms with E-state index in [0.29, 0.717) is 12.0 Å². The van der Waals surface area contributed by atoms with Crippen LogP contribution in [0.2, 0.25) is 0 Å². The Bertz CT molecular complexity index is 533. The Morgan fingerprint density at radius 2 is 2.26 bits per heavy atom. The summed E-state index contributed by atoms with van der Waals surface area (Å²) in [5, 5.41) is 7.48. The molecule has 0 fully saturated rings. The summed E-state index contributed by atoms with van der Waals surface area (Å²) in [6.45, 7) is 2.80. The van der Waals surface area contributed by atoms with Gasteiger partial charge < -0.3 is 5.32 Å². The van der Waals surface area contributed by atoms with Gasteiger partial charge >= 0.3 is 0 Å².